The van der Waals surface area contributed by atoms with Crippen molar-refractivity contribution < 1.29 is 9.50 Å². The number of hydrogen-bond acceptors (Lipinski definition) is 5. The summed E-state index contributed by atoms with van der Waals surface area (Å²) in [6.07, 6.45) is 1.74. The lowest BCUT2D eigenvalue weighted by Gasteiger charge is -2.30. The molecule has 0 unspecified atom stereocenters. The van der Waals surface area contributed by atoms with E-state index >= 15 is 0 Å². The van der Waals surface area contributed by atoms with Gasteiger partial charge in [0.15, 0.2) is 5.82 Å². The summed E-state index contributed by atoms with van der Waals surface area (Å²) in [5.41, 5.74) is 0.663. The molecule has 2 heterocycles. The van der Waals surface area contributed by atoms with Crippen molar-refractivity contribution in [1.82, 2.24) is 25.1 Å². The van der Waals surface area contributed by atoms with Gasteiger partial charge in [-0.1, -0.05) is 12.1 Å². The van der Waals surface area contributed by atoms with E-state index in [1.807, 2.05) is 10.7 Å². The second-order valence-electron chi connectivity index (χ2n) is 7.35. The van der Waals surface area contributed by atoms with E-state index in [1.165, 1.54) is 12.1 Å². The van der Waals surface area contributed by atoms with Gasteiger partial charge in [-0.05, 0) is 61.7 Å². The zero-order valence-electron chi connectivity index (χ0n) is 14.4. The molecule has 0 saturated carbocycles. The number of aromatic nitrogens is 4. The van der Waals surface area contributed by atoms with Crippen LogP contribution in [0.2, 0.25) is 0 Å². The van der Waals surface area contributed by atoms with E-state index in [0.717, 1.165) is 24.2 Å². The Labute approximate surface area is 141 Å². The van der Waals surface area contributed by atoms with Crippen LogP contribution in [0.15, 0.2) is 24.3 Å². The summed E-state index contributed by atoms with van der Waals surface area (Å²) in [4.78, 5) is 2.18. The van der Waals surface area contributed by atoms with Gasteiger partial charge in [0, 0.05) is 12.6 Å². The van der Waals surface area contributed by atoms with Crippen LogP contribution in [-0.4, -0.2) is 42.9 Å². The van der Waals surface area contributed by atoms with Crippen molar-refractivity contribution in [3.63, 3.8) is 0 Å². The van der Waals surface area contributed by atoms with E-state index < -0.39 is 0 Å². The van der Waals surface area contributed by atoms with E-state index in [-0.39, 0.29) is 30.0 Å². The molecule has 1 aliphatic rings. The minimum Gasteiger partial charge on any atom is -0.395 e. The summed E-state index contributed by atoms with van der Waals surface area (Å²) in [7, 11) is 0. The van der Waals surface area contributed by atoms with E-state index in [9.17, 15) is 9.50 Å². The van der Waals surface area contributed by atoms with E-state index in [1.54, 1.807) is 6.07 Å². The predicted octanol–water partition coefficient (Wildman–Crippen LogP) is 2.27. The molecular formula is C17H24FN5O. The number of nitrogens with zero attached hydrogens (tertiary/aromatic N) is 5. The summed E-state index contributed by atoms with van der Waals surface area (Å²) in [6.45, 7) is 6.81. The zero-order chi connectivity index (χ0) is 17.3. The Morgan fingerprint density at radius 3 is 2.75 bits per heavy atom. The maximum absolute atomic E-state index is 13.5. The highest BCUT2D eigenvalue weighted by Gasteiger charge is 2.38. The van der Waals surface area contributed by atoms with Crippen LogP contribution >= 0.6 is 0 Å². The second kappa shape index (κ2) is 6.57. The lowest BCUT2D eigenvalue weighted by molar-refractivity contribution is 0.114. The van der Waals surface area contributed by atoms with Crippen LogP contribution in [0.3, 0.4) is 0 Å². The predicted molar refractivity (Wildman–Crippen MR) is 87.6 cm³/mol. The third-order valence-electron chi connectivity index (χ3n) is 4.53. The standard InChI is InChI=1S/C17H24FN5O/c1-17(2,3)23-16(19-20-21-23)15-8-7-14(11-24)22(15)10-12-5-4-6-13(18)9-12/h4-6,9,14-15,24H,7-8,10-11H2,1-3H3/t14-,15-/m0/s1. The quantitative estimate of drug-likeness (QED) is 0.930. The van der Waals surface area contributed by atoms with Crippen molar-refractivity contribution in [3.05, 3.63) is 41.5 Å². The van der Waals surface area contributed by atoms with Crippen molar-refractivity contribution in [2.45, 2.75) is 57.8 Å². The Bertz CT molecular complexity index is 696. The van der Waals surface area contributed by atoms with Crippen LogP contribution in [0.5, 0.6) is 0 Å². The molecule has 24 heavy (non-hydrogen) atoms. The van der Waals surface area contributed by atoms with Gasteiger partial charge >= 0.3 is 0 Å². The molecule has 0 amide bonds. The monoisotopic (exact) mass is 333 g/mol. The smallest absolute Gasteiger partial charge is 0.168 e. The van der Waals surface area contributed by atoms with Gasteiger partial charge in [0.2, 0.25) is 0 Å². The summed E-state index contributed by atoms with van der Waals surface area (Å²) < 4.78 is 15.3. The number of aliphatic hydroxyl groups excluding tert-OH is 1. The Morgan fingerprint density at radius 2 is 2.08 bits per heavy atom. The fraction of sp³-hybridized carbons (Fsp3) is 0.588. The molecule has 0 bridgehead atoms. The molecule has 2 aromatic rings. The minimum absolute atomic E-state index is 0.0136. The first-order valence-corrected chi connectivity index (χ1v) is 8.30. The van der Waals surface area contributed by atoms with Gasteiger partial charge in [0.25, 0.3) is 0 Å². The molecule has 1 fully saturated rings. The lowest BCUT2D eigenvalue weighted by Crippen LogP contribution is -2.36. The molecule has 1 saturated heterocycles. The van der Waals surface area contributed by atoms with Gasteiger partial charge in [-0.25, -0.2) is 9.07 Å². The van der Waals surface area contributed by atoms with Gasteiger partial charge in [-0.3, -0.25) is 4.90 Å². The Hall–Kier alpha value is -1.86. The highest BCUT2D eigenvalue weighted by atomic mass is 19.1. The number of benzene rings is 1. The van der Waals surface area contributed by atoms with Crippen LogP contribution < -0.4 is 0 Å². The number of aliphatic hydroxyl groups is 1. The average molecular weight is 333 g/mol. The lowest BCUT2D eigenvalue weighted by atomic mass is 10.1. The SMILES string of the molecule is CC(C)(C)n1nnnc1[C@@H]1CC[C@@H](CO)N1Cc1cccc(F)c1. The molecule has 2 atom stereocenters. The Kier molecular flexibility index (Phi) is 4.64. The van der Waals surface area contributed by atoms with Crippen molar-refractivity contribution in [3.8, 4) is 0 Å². The summed E-state index contributed by atoms with van der Waals surface area (Å²) in [5, 5.41) is 22.0. The number of tetrazole rings is 1. The molecule has 1 N–H and O–H groups in total. The molecule has 6 nitrogen and oxygen atoms in total. The first kappa shape index (κ1) is 17.0. The van der Waals surface area contributed by atoms with E-state index in [4.69, 9.17) is 0 Å². The number of likely N-dealkylation sites (tertiary alicyclic amines) is 1. The molecule has 1 aromatic carbocycles. The van der Waals surface area contributed by atoms with E-state index in [2.05, 4.69) is 41.2 Å². The summed E-state index contributed by atoms with van der Waals surface area (Å²) in [6, 6.07) is 6.64. The molecule has 0 spiro atoms. The fourth-order valence-electron chi connectivity index (χ4n) is 3.38. The number of rotatable bonds is 4. The zero-order valence-corrected chi connectivity index (χ0v) is 14.4. The highest BCUT2D eigenvalue weighted by molar-refractivity contribution is 5.17. The molecule has 130 valence electrons. The van der Waals surface area contributed by atoms with Crippen molar-refractivity contribution >= 4 is 0 Å². The Morgan fingerprint density at radius 1 is 1.29 bits per heavy atom. The minimum atomic E-state index is -0.247. The van der Waals surface area contributed by atoms with Gasteiger partial charge in [0.1, 0.15) is 5.82 Å². The topological polar surface area (TPSA) is 67.1 Å². The van der Waals surface area contributed by atoms with Crippen molar-refractivity contribution in [2.24, 2.45) is 0 Å². The molecule has 0 radical (unpaired) electrons. The van der Waals surface area contributed by atoms with Crippen LogP contribution in [0.25, 0.3) is 0 Å². The van der Waals surface area contributed by atoms with Crippen molar-refractivity contribution in [2.75, 3.05) is 6.61 Å². The molecule has 1 aromatic heterocycles. The van der Waals surface area contributed by atoms with Crippen LogP contribution in [0.1, 0.15) is 51.0 Å². The third-order valence-corrected chi connectivity index (χ3v) is 4.53. The van der Waals surface area contributed by atoms with Gasteiger partial charge in [0.05, 0.1) is 18.2 Å². The first-order valence-electron chi connectivity index (χ1n) is 8.30. The molecule has 3 rings (SSSR count). The molecular weight excluding hydrogens is 309 g/mol. The van der Waals surface area contributed by atoms with Gasteiger partial charge in [-0.15, -0.1) is 5.10 Å². The average Bonchev–Trinajstić information content (AvgIpc) is 3.12. The summed E-state index contributed by atoms with van der Waals surface area (Å²) in [5.74, 6) is 0.554. The normalized spacial score (nSPS) is 22.2. The Balaban J connectivity index is 1.91. The molecule has 0 aliphatic carbocycles. The second-order valence-corrected chi connectivity index (χ2v) is 7.35. The highest BCUT2D eigenvalue weighted by Crippen LogP contribution is 2.37. The number of halogens is 1. The van der Waals surface area contributed by atoms with E-state index in [0.29, 0.717) is 6.54 Å². The third kappa shape index (κ3) is 3.32. The largest absolute Gasteiger partial charge is 0.395 e. The maximum Gasteiger partial charge on any atom is 0.168 e. The van der Waals surface area contributed by atoms with Crippen molar-refractivity contribution in [1.29, 1.82) is 0 Å². The van der Waals surface area contributed by atoms with Crippen LogP contribution in [-0.2, 0) is 12.1 Å². The molecule has 7 heteroatoms. The fourth-order valence-corrected chi connectivity index (χ4v) is 3.38. The summed E-state index contributed by atoms with van der Waals surface area (Å²) >= 11 is 0. The molecule has 1 aliphatic heterocycles. The van der Waals surface area contributed by atoms with Gasteiger partial charge < -0.3 is 5.11 Å². The first-order chi connectivity index (χ1) is 11.4. The van der Waals surface area contributed by atoms with Gasteiger partial charge in [-0.2, -0.15) is 0 Å². The van der Waals surface area contributed by atoms with Crippen LogP contribution in [0, 0.1) is 5.82 Å². The number of hydrogen-bond donors (Lipinski definition) is 1. The maximum atomic E-state index is 13.5. The van der Waals surface area contributed by atoms with Crippen LogP contribution in [0.4, 0.5) is 4.39 Å².